The number of carbonyl (C=O) groups excluding carboxylic acids is 1. The Hall–Kier alpha value is -2.13. The molecule has 6 heteroatoms. The molecule has 1 aromatic rings. The van der Waals surface area contributed by atoms with Crippen LogP contribution in [0, 0.1) is 41.9 Å². The Morgan fingerprint density at radius 2 is 1.96 bits per heavy atom. The van der Waals surface area contributed by atoms with Crippen molar-refractivity contribution in [2.75, 3.05) is 5.32 Å². The van der Waals surface area contributed by atoms with Crippen LogP contribution in [0.3, 0.4) is 0 Å². The van der Waals surface area contributed by atoms with Gasteiger partial charge in [0.2, 0.25) is 5.91 Å². The monoisotopic (exact) mass is 344 g/mol. The molecule has 2 N–H and O–H groups in total. The maximum atomic E-state index is 12.8. The quantitative estimate of drug-likeness (QED) is 0.820. The zero-order chi connectivity index (χ0) is 17.4. The molecule has 1 amide bonds. The van der Waals surface area contributed by atoms with E-state index in [2.05, 4.69) is 11.4 Å². The van der Waals surface area contributed by atoms with E-state index in [1.54, 1.807) is 0 Å². The van der Waals surface area contributed by atoms with Gasteiger partial charge in [-0.15, -0.1) is 11.3 Å². The van der Waals surface area contributed by atoms with E-state index in [1.807, 2.05) is 26.0 Å². The molecule has 0 radical (unpaired) electrons. The summed E-state index contributed by atoms with van der Waals surface area (Å²) in [5.74, 6) is -2.53. The lowest BCUT2D eigenvalue weighted by Crippen LogP contribution is -2.47. The molecule has 0 aromatic carbocycles. The molecule has 0 unspecified atom stereocenters. The third-order valence-corrected chi connectivity index (χ3v) is 6.31. The molecule has 5 nitrogen and oxygen atoms in total. The van der Waals surface area contributed by atoms with Crippen LogP contribution in [0.2, 0.25) is 0 Å². The highest BCUT2D eigenvalue weighted by molar-refractivity contribution is 7.16. The van der Waals surface area contributed by atoms with Gasteiger partial charge in [0.15, 0.2) is 0 Å². The second kappa shape index (κ2) is 6.40. The largest absolute Gasteiger partial charge is 0.481 e. The van der Waals surface area contributed by atoms with E-state index in [-0.39, 0.29) is 17.7 Å². The molecule has 3 aliphatic carbocycles. The van der Waals surface area contributed by atoms with Gasteiger partial charge < -0.3 is 10.4 Å². The van der Waals surface area contributed by atoms with Crippen LogP contribution in [0.5, 0.6) is 0 Å². The molecule has 2 bridgehead atoms. The molecular formula is C18H20N2O3S. The third-order valence-electron chi connectivity index (χ3n) is 5.25. The van der Waals surface area contributed by atoms with Gasteiger partial charge in [-0.3, -0.25) is 9.59 Å². The fraction of sp³-hybridized carbons (Fsp3) is 0.500. The Labute approximate surface area is 145 Å². The molecular weight excluding hydrogens is 324 g/mol. The SMILES string of the molecule is CCc1c(C)sc(NC(=O)[C@@H]2[C@@H](C(=O)O)[C@H]3C=C[C@@H]2CC3)c1C#N. The highest BCUT2D eigenvalue weighted by Gasteiger charge is 2.48. The number of carboxylic acids is 1. The number of carboxylic acid groups (broad SMARTS) is 1. The first-order valence-electron chi connectivity index (χ1n) is 8.22. The topological polar surface area (TPSA) is 90.2 Å². The normalized spacial score (nSPS) is 27.7. The molecule has 4 rings (SSSR count). The van der Waals surface area contributed by atoms with Gasteiger partial charge in [-0.2, -0.15) is 5.26 Å². The first kappa shape index (κ1) is 16.7. The van der Waals surface area contributed by atoms with Crippen molar-refractivity contribution >= 4 is 28.2 Å². The van der Waals surface area contributed by atoms with Crippen LogP contribution in [0.15, 0.2) is 12.2 Å². The number of aliphatic carboxylic acids is 1. The Morgan fingerprint density at radius 3 is 2.46 bits per heavy atom. The first-order valence-corrected chi connectivity index (χ1v) is 9.03. The average molecular weight is 344 g/mol. The number of allylic oxidation sites excluding steroid dienone is 2. The lowest BCUT2D eigenvalue weighted by molar-refractivity contribution is -0.151. The van der Waals surface area contributed by atoms with Crippen molar-refractivity contribution in [1.29, 1.82) is 5.26 Å². The first-order chi connectivity index (χ1) is 11.5. The van der Waals surface area contributed by atoms with E-state index in [4.69, 9.17) is 0 Å². The van der Waals surface area contributed by atoms with Crippen molar-refractivity contribution in [1.82, 2.24) is 0 Å². The van der Waals surface area contributed by atoms with Crippen molar-refractivity contribution in [3.63, 3.8) is 0 Å². The highest BCUT2D eigenvalue weighted by Crippen LogP contribution is 2.46. The second-order valence-corrected chi connectivity index (χ2v) is 7.70. The molecule has 24 heavy (non-hydrogen) atoms. The number of hydrogen-bond donors (Lipinski definition) is 2. The van der Waals surface area contributed by atoms with Crippen LogP contribution in [-0.2, 0) is 16.0 Å². The molecule has 1 saturated carbocycles. The number of hydrogen-bond acceptors (Lipinski definition) is 4. The molecule has 126 valence electrons. The summed E-state index contributed by atoms with van der Waals surface area (Å²) in [6.07, 6.45) is 6.33. The molecule has 3 aliphatic rings. The van der Waals surface area contributed by atoms with Gasteiger partial charge in [-0.1, -0.05) is 19.1 Å². The number of carbonyl (C=O) groups is 2. The van der Waals surface area contributed by atoms with Crippen LogP contribution < -0.4 is 5.32 Å². The summed E-state index contributed by atoms with van der Waals surface area (Å²) in [4.78, 5) is 25.5. The van der Waals surface area contributed by atoms with Crippen molar-refractivity contribution in [3.8, 4) is 6.07 Å². The molecule has 1 aromatic heterocycles. The smallest absolute Gasteiger partial charge is 0.307 e. The Bertz CT molecular complexity index is 759. The Morgan fingerprint density at radius 1 is 1.33 bits per heavy atom. The molecule has 0 spiro atoms. The van der Waals surface area contributed by atoms with Gasteiger partial charge in [-0.05, 0) is 43.6 Å². The predicted molar refractivity (Wildman–Crippen MR) is 91.7 cm³/mol. The van der Waals surface area contributed by atoms with Gasteiger partial charge in [0.05, 0.1) is 17.4 Å². The third kappa shape index (κ3) is 2.63. The number of nitriles is 1. The predicted octanol–water partition coefficient (Wildman–Crippen LogP) is 3.34. The lowest BCUT2D eigenvalue weighted by atomic mass is 9.62. The Balaban J connectivity index is 1.89. The minimum atomic E-state index is -0.911. The number of thiophene rings is 1. The fourth-order valence-corrected chi connectivity index (χ4v) is 5.19. The van der Waals surface area contributed by atoms with Crippen LogP contribution in [0.25, 0.3) is 0 Å². The van der Waals surface area contributed by atoms with Crippen LogP contribution in [-0.4, -0.2) is 17.0 Å². The Kier molecular flexibility index (Phi) is 4.46. The van der Waals surface area contributed by atoms with Gasteiger partial charge in [0, 0.05) is 4.88 Å². The molecule has 0 aliphatic heterocycles. The molecule has 0 saturated heterocycles. The number of amides is 1. The minimum absolute atomic E-state index is 0.0339. The number of nitrogens with zero attached hydrogens (tertiary/aromatic N) is 1. The van der Waals surface area contributed by atoms with Crippen molar-refractivity contribution in [3.05, 3.63) is 28.2 Å². The van der Waals surface area contributed by atoms with Crippen molar-refractivity contribution < 1.29 is 14.7 Å². The summed E-state index contributed by atoms with van der Waals surface area (Å²) in [5, 5.41) is 22.4. The average Bonchev–Trinajstić information content (AvgIpc) is 2.88. The van der Waals surface area contributed by atoms with E-state index in [0.717, 1.165) is 29.7 Å². The zero-order valence-electron chi connectivity index (χ0n) is 13.7. The second-order valence-electron chi connectivity index (χ2n) is 6.48. The highest BCUT2D eigenvalue weighted by atomic mass is 32.1. The zero-order valence-corrected chi connectivity index (χ0v) is 14.5. The van der Waals surface area contributed by atoms with Crippen LogP contribution >= 0.6 is 11.3 Å². The van der Waals surface area contributed by atoms with E-state index in [9.17, 15) is 20.0 Å². The van der Waals surface area contributed by atoms with Gasteiger partial charge in [0.25, 0.3) is 0 Å². The summed E-state index contributed by atoms with van der Waals surface area (Å²) in [6.45, 7) is 3.91. The lowest BCUT2D eigenvalue weighted by Gasteiger charge is -2.41. The van der Waals surface area contributed by atoms with Gasteiger partial charge >= 0.3 is 5.97 Å². The molecule has 1 fully saturated rings. The summed E-state index contributed by atoms with van der Waals surface area (Å²) < 4.78 is 0. The van der Waals surface area contributed by atoms with E-state index in [0.29, 0.717) is 10.6 Å². The van der Waals surface area contributed by atoms with Crippen LogP contribution in [0.1, 0.15) is 35.8 Å². The van der Waals surface area contributed by atoms with E-state index < -0.39 is 17.8 Å². The van der Waals surface area contributed by atoms with E-state index in [1.165, 1.54) is 11.3 Å². The number of nitrogens with one attached hydrogen (secondary N) is 1. The fourth-order valence-electron chi connectivity index (χ4n) is 4.09. The summed E-state index contributed by atoms with van der Waals surface area (Å²) in [5.41, 5.74) is 1.47. The van der Waals surface area contributed by atoms with Gasteiger partial charge in [-0.25, -0.2) is 0 Å². The van der Waals surface area contributed by atoms with Crippen molar-refractivity contribution in [2.24, 2.45) is 23.7 Å². The minimum Gasteiger partial charge on any atom is -0.481 e. The number of fused-ring (bicyclic) bond motifs is 2. The summed E-state index contributed by atoms with van der Waals surface area (Å²) in [7, 11) is 0. The maximum Gasteiger partial charge on any atom is 0.307 e. The molecule has 1 heterocycles. The van der Waals surface area contributed by atoms with Gasteiger partial charge in [0.1, 0.15) is 11.1 Å². The summed E-state index contributed by atoms with van der Waals surface area (Å²) in [6, 6.07) is 2.18. The standard InChI is InChI=1S/C18H20N2O3S/c1-3-12-9(2)24-17(13(12)8-19)20-16(21)14-10-4-6-11(7-5-10)15(14)18(22)23/h4,6,10-11,14-15H,3,5,7H2,1-2H3,(H,20,21)(H,22,23)/t10-,11+,14+,15+/m1/s1. The number of aryl methyl sites for hydroxylation is 1. The number of rotatable bonds is 4. The summed E-state index contributed by atoms with van der Waals surface area (Å²) >= 11 is 1.39. The maximum absolute atomic E-state index is 12.8. The van der Waals surface area contributed by atoms with Crippen molar-refractivity contribution in [2.45, 2.75) is 33.1 Å². The van der Waals surface area contributed by atoms with Crippen LogP contribution in [0.4, 0.5) is 5.00 Å². The van der Waals surface area contributed by atoms with E-state index >= 15 is 0 Å². The molecule has 4 atom stereocenters. The number of anilines is 1.